The van der Waals surface area contributed by atoms with Crippen LogP contribution >= 0.6 is 0 Å². The normalized spacial score (nSPS) is 51.0. The summed E-state index contributed by atoms with van der Waals surface area (Å²) in [6.07, 6.45) is -40.0. The van der Waals surface area contributed by atoms with Gasteiger partial charge in [-0.1, -0.05) is 72.3 Å². The fourth-order valence-electron chi connectivity index (χ4n) is 18.3. The molecule has 0 bridgehead atoms. The van der Waals surface area contributed by atoms with Crippen molar-refractivity contribution < 1.29 is 139 Å². The smallest absolute Gasteiger partial charge is 0.335 e. The highest BCUT2D eigenvalue weighted by molar-refractivity contribution is 5.89. The van der Waals surface area contributed by atoms with Gasteiger partial charge in [-0.25, -0.2) is 14.4 Å². The molecule has 9 aliphatic rings. The molecule has 8 fully saturated rings. The van der Waals surface area contributed by atoms with E-state index in [1.165, 1.54) is 6.92 Å². The van der Waals surface area contributed by atoms with Crippen molar-refractivity contribution in [3.8, 4) is 0 Å². The maximum atomic E-state index is 13.9. The number of allylic oxidation sites excluding steroid dienone is 3. The second kappa shape index (κ2) is 26.2. The SMILES string of the molecule is C/C=C(/C)C(=O)O[C@H]1[C@H](OC(=O)/C(C)=C/C)C(C)(C)C[C@H]2C3=CC[C@@H]4[C@@]5(C)CC[C@H](O[C@@H]6O[C@H](C(=O)O)[C@@H](O)[C@@](O)([C@@H]7O[C@H](CO)[C@H](O)[C@H](O)[C@H]7O[C@@H]7O[C@@H](C)[C@H](O)[C@@H](O)[C@H]7O)[C@H]6O[C@@H]6O[C@H](CO)[C@@H](O)[C@H](O)[C@H]6O)C(C)(C)[C@@H]5CC[C@@]4(C)[C@]3(C)[C@@H](O)[C@@H](O)[C@]21CO. The van der Waals surface area contributed by atoms with E-state index >= 15 is 0 Å². The van der Waals surface area contributed by atoms with E-state index in [0.717, 1.165) is 5.57 Å². The first-order valence-corrected chi connectivity index (χ1v) is 32.1. The number of aliphatic hydroxyl groups is 15. The number of carboxylic acids is 1. The molecule has 0 aromatic rings. The Morgan fingerprint density at radius 3 is 1.73 bits per heavy atom. The summed E-state index contributed by atoms with van der Waals surface area (Å²) >= 11 is 0. The molecule has 32 atom stereocenters. The summed E-state index contributed by atoms with van der Waals surface area (Å²) in [6.45, 7) is 18.6. The van der Waals surface area contributed by atoms with Gasteiger partial charge < -0.3 is 124 Å². The number of hydrogen-bond acceptors (Lipinski definition) is 27. The van der Waals surface area contributed by atoms with Crippen LogP contribution in [-0.4, -0.2) is 272 Å². The summed E-state index contributed by atoms with van der Waals surface area (Å²) in [5.74, 6) is -4.68. The number of hydrogen-bond donors (Lipinski definition) is 16. The van der Waals surface area contributed by atoms with Crippen molar-refractivity contribution in [3.63, 3.8) is 0 Å². The van der Waals surface area contributed by atoms with Crippen LogP contribution in [0.2, 0.25) is 0 Å². The third-order valence-electron chi connectivity index (χ3n) is 24.2. The molecule has 28 nitrogen and oxygen atoms in total. The zero-order valence-corrected chi connectivity index (χ0v) is 54.2. The fourth-order valence-corrected chi connectivity index (χ4v) is 18.3. The zero-order valence-electron chi connectivity index (χ0n) is 54.2. The number of aliphatic hydroxyl groups excluding tert-OH is 14. The van der Waals surface area contributed by atoms with Crippen LogP contribution < -0.4 is 0 Å². The minimum absolute atomic E-state index is 0.138. The highest BCUT2D eigenvalue weighted by Gasteiger charge is 2.77. The third-order valence-corrected chi connectivity index (χ3v) is 24.2. The Bertz CT molecular complexity index is 2790. The molecule has 0 amide bonds. The number of esters is 2. The summed E-state index contributed by atoms with van der Waals surface area (Å²) in [7, 11) is 0. The molecule has 92 heavy (non-hydrogen) atoms. The van der Waals surface area contributed by atoms with Gasteiger partial charge in [0.1, 0.15) is 91.6 Å². The lowest BCUT2D eigenvalue weighted by atomic mass is 9.32. The summed E-state index contributed by atoms with van der Waals surface area (Å²) in [5.41, 5.74) is -8.62. The van der Waals surface area contributed by atoms with E-state index in [9.17, 15) is 96.1 Å². The van der Waals surface area contributed by atoms with Gasteiger partial charge in [0, 0.05) is 22.0 Å². The van der Waals surface area contributed by atoms with E-state index in [1.807, 2.05) is 34.6 Å². The van der Waals surface area contributed by atoms with Crippen molar-refractivity contribution in [2.24, 2.45) is 50.2 Å². The molecular weight excluding hydrogens is 1220 g/mol. The van der Waals surface area contributed by atoms with E-state index in [-0.39, 0.29) is 35.8 Å². The van der Waals surface area contributed by atoms with Gasteiger partial charge in [-0.15, -0.1) is 0 Å². The minimum atomic E-state index is -3.44. The van der Waals surface area contributed by atoms with Gasteiger partial charge in [0.15, 0.2) is 36.7 Å². The number of carboxylic acid groups (broad SMARTS) is 1. The first kappa shape index (κ1) is 73.0. The lowest BCUT2D eigenvalue weighted by Crippen LogP contribution is -2.79. The van der Waals surface area contributed by atoms with Gasteiger partial charge in [-0.3, -0.25) is 0 Å². The van der Waals surface area contributed by atoms with Gasteiger partial charge in [-0.05, 0) is 107 Å². The summed E-state index contributed by atoms with van der Waals surface area (Å²) in [6, 6.07) is 0. The lowest BCUT2D eigenvalue weighted by Gasteiger charge is -2.73. The van der Waals surface area contributed by atoms with Crippen molar-refractivity contribution in [2.75, 3.05) is 19.8 Å². The van der Waals surface area contributed by atoms with Crippen LogP contribution in [0.1, 0.15) is 122 Å². The number of ether oxygens (including phenoxy) is 9. The molecular formula is C64H100O28. The van der Waals surface area contributed by atoms with Gasteiger partial charge in [0.2, 0.25) is 0 Å². The van der Waals surface area contributed by atoms with Crippen LogP contribution in [0.4, 0.5) is 0 Å². The molecule has 4 aliphatic heterocycles. The fraction of sp³-hybridized carbons (Fsp3) is 0.859. The molecule has 5 aliphatic carbocycles. The molecule has 16 N–H and O–H groups in total. The van der Waals surface area contributed by atoms with E-state index in [1.54, 1.807) is 39.8 Å². The quantitative estimate of drug-likeness (QED) is 0.0360. The molecule has 4 heterocycles. The average molecular weight is 1320 g/mol. The minimum Gasteiger partial charge on any atom is -0.479 e. The highest BCUT2D eigenvalue weighted by Crippen LogP contribution is 2.76. The summed E-state index contributed by atoms with van der Waals surface area (Å²) in [5, 5.41) is 185. The lowest BCUT2D eigenvalue weighted by molar-refractivity contribution is -0.420. The molecule has 0 aromatic carbocycles. The Kier molecular flexibility index (Phi) is 20.8. The van der Waals surface area contributed by atoms with Gasteiger partial charge >= 0.3 is 17.9 Å². The Morgan fingerprint density at radius 2 is 1.16 bits per heavy atom. The third kappa shape index (κ3) is 11.2. The Morgan fingerprint density at radius 1 is 0.609 bits per heavy atom. The van der Waals surface area contributed by atoms with Crippen LogP contribution in [0.3, 0.4) is 0 Å². The standard InChI is InChI=1S/C64H100O28/c1-13-25(3)53(81)90-49-50(91-54(82)26(4)14-2)63(24-67)29(21-58(49,6)7)28-15-16-33-60(10)19-18-34(59(8,9)32(60)17-20-61(33,11)62(28,12)46(77)47(63)78)87-57-51(92-56-42(75)39(72)36(69)31(23-66)86-56)64(83,45(76)44(89-57)52(79)80)48-43(40(73)37(70)30(22-65)85-48)88-55-41(74)38(71)35(68)27(5)84-55/h13-15,27,29-51,55-57,65-78,83H,16-24H2,1-12H3,(H,79,80)/b25-13+,26-14-/t27-,29-,30+,31+,32-,33+,34-,35-,36+,37-,38+,39-,40-,41+,42+,43+,44-,45+,46-,47+,48+,49-,50-,51-,55-,56-,57+,60-,61+,62-,63-,64+/m0/s1. The Balaban J connectivity index is 1.10. The summed E-state index contributed by atoms with van der Waals surface area (Å²) in [4.78, 5) is 41.1. The molecule has 0 radical (unpaired) electrons. The molecule has 0 spiro atoms. The van der Waals surface area contributed by atoms with Crippen LogP contribution in [0.5, 0.6) is 0 Å². The van der Waals surface area contributed by atoms with Gasteiger partial charge in [0.25, 0.3) is 0 Å². The number of carbonyl (C=O) groups is 3. The molecule has 28 heteroatoms. The largest absolute Gasteiger partial charge is 0.479 e. The molecule has 524 valence electrons. The van der Waals surface area contributed by atoms with Gasteiger partial charge in [-0.2, -0.15) is 0 Å². The van der Waals surface area contributed by atoms with Crippen LogP contribution in [0, 0.1) is 50.2 Å². The molecule has 0 aromatic heterocycles. The van der Waals surface area contributed by atoms with Gasteiger partial charge in [0.05, 0.1) is 49.7 Å². The molecule has 9 rings (SSSR count). The predicted molar refractivity (Wildman–Crippen MR) is 314 cm³/mol. The second-order valence-electron chi connectivity index (χ2n) is 29.5. The van der Waals surface area contributed by atoms with E-state index in [4.69, 9.17) is 42.6 Å². The number of rotatable bonds is 15. The zero-order chi connectivity index (χ0) is 68.4. The van der Waals surface area contributed by atoms with E-state index in [0.29, 0.717) is 25.7 Å². The predicted octanol–water partition coefficient (Wildman–Crippen LogP) is -2.14. The number of carbonyl (C=O) groups excluding carboxylic acids is 2. The van der Waals surface area contributed by atoms with Crippen LogP contribution in [0.25, 0.3) is 0 Å². The second-order valence-corrected chi connectivity index (χ2v) is 29.5. The van der Waals surface area contributed by atoms with Crippen molar-refractivity contribution in [2.45, 2.75) is 274 Å². The first-order valence-electron chi connectivity index (χ1n) is 32.1. The Labute approximate surface area is 534 Å². The van der Waals surface area contributed by atoms with Crippen molar-refractivity contribution in [3.05, 3.63) is 34.9 Å². The van der Waals surface area contributed by atoms with Crippen molar-refractivity contribution in [1.29, 1.82) is 0 Å². The highest BCUT2D eigenvalue weighted by atomic mass is 16.8. The first-order chi connectivity index (χ1) is 42.8. The molecule has 4 saturated carbocycles. The topological polar surface area (TPSA) is 458 Å². The van der Waals surface area contributed by atoms with Crippen LogP contribution in [-0.2, 0) is 57.0 Å². The number of aliphatic carboxylic acids is 1. The van der Waals surface area contributed by atoms with E-state index < -0.39 is 229 Å². The molecule has 4 saturated heterocycles. The maximum Gasteiger partial charge on any atom is 0.335 e. The summed E-state index contributed by atoms with van der Waals surface area (Å²) < 4.78 is 55.5. The Hall–Kier alpha value is -3.25. The van der Waals surface area contributed by atoms with Crippen molar-refractivity contribution in [1.82, 2.24) is 0 Å². The number of fused-ring (bicyclic) bond motifs is 7. The maximum absolute atomic E-state index is 13.9. The average Bonchev–Trinajstić information content (AvgIpc) is 0.664. The molecule has 0 unspecified atom stereocenters. The monoisotopic (exact) mass is 1320 g/mol. The van der Waals surface area contributed by atoms with Crippen LogP contribution in [0.15, 0.2) is 34.9 Å². The van der Waals surface area contributed by atoms with E-state index in [2.05, 4.69) is 19.9 Å². The van der Waals surface area contributed by atoms with Crippen molar-refractivity contribution >= 4 is 17.9 Å².